The van der Waals surface area contributed by atoms with E-state index in [0.717, 1.165) is 19.3 Å². The Labute approximate surface area is 105 Å². The number of nitrogens with one attached hydrogen (secondary N) is 1. The van der Waals surface area contributed by atoms with Crippen LogP contribution in [0.4, 0.5) is 0 Å². The maximum absolute atomic E-state index is 10.9. The fourth-order valence-corrected chi connectivity index (χ4v) is 3.79. The lowest BCUT2D eigenvalue weighted by Crippen LogP contribution is -2.49. The third-order valence-electron chi connectivity index (χ3n) is 4.33. The molecule has 3 nitrogen and oxygen atoms in total. The van der Waals surface area contributed by atoms with E-state index in [4.69, 9.17) is 28.3 Å². The molecule has 0 aromatic heterocycles. The molecular formula is C11H17Cl2NO2. The molecule has 0 aromatic rings. The summed E-state index contributed by atoms with van der Waals surface area (Å²) in [6.07, 6.45) is 3.80. The van der Waals surface area contributed by atoms with Crippen molar-refractivity contribution in [3.05, 3.63) is 0 Å². The van der Waals surface area contributed by atoms with E-state index in [9.17, 15) is 4.79 Å². The first-order valence-corrected chi connectivity index (χ1v) is 6.46. The number of carboxylic acid groups (broad SMARTS) is 1. The molecule has 0 radical (unpaired) electrons. The van der Waals surface area contributed by atoms with Gasteiger partial charge in [-0.3, -0.25) is 4.79 Å². The van der Waals surface area contributed by atoms with E-state index in [1.165, 1.54) is 0 Å². The van der Waals surface area contributed by atoms with Crippen molar-refractivity contribution in [3.63, 3.8) is 0 Å². The molecule has 92 valence electrons. The molecule has 2 fully saturated rings. The second-order valence-electron chi connectivity index (χ2n) is 5.13. The zero-order valence-electron chi connectivity index (χ0n) is 9.30. The maximum atomic E-state index is 10.9. The Morgan fingerprint density at radius 3 is 2.44 bits per heavy atom. The molecule has 2 atom stereocenters. The van der Waals surface area contributed by atoms with Crippen LogP contribution < -0.4 is 5.32 Å². The van der Waals surface area contributed by atoms with Crippen LogP contribution in [0.25, 0.3) is 0 Å². The summed E-state index contributed by atoms with van der Waals surface area (Å²) in [6, 6.07) is -0.432. The molecule has 1 saturated carbocycles. The van der Waals surface area contributed by atoms with Gasteiger partial charge in [-0.05, 0) is 38.6 Å². The SMILES string of the molecule is CC(Cl)(Cl)C1(C2CNC(C(=O)O)C2)CCC1. The predicted molar refractivity (Wildman–Crippen MR) is 63.9 cm³/mol. The van der Waals surface area contributed by atoms with Gasteiger partial charge in [0.25, 0.3) is 0 Å². The molecule has 2 unspecified atom stereocenters. The lowest BCUT2D eigenvalue weighted by Gasteiger charge is -2.52. The standard InChI is InChI=1S/C11H17Cl2NO2/c1-10(12,13)11(3-2-4-11)7-5-8(9(15)16)14-6-7/h7-8,14H,2-6H2,1H3,(H,15,16). The number of alkyl halides is 2. The van der Waals surface area contributed by atoms with Crippen LogP contribution in [0, 0.1) is 11.3 Å². The number of hydrogen-bond acceptors (Lipinski definition) is 2. The largest absolute Gasteiger partial charge is 0.480 e. The molecule has 16 heavy (non-hydrogen) atoms. The highest BCUT2D eigenvalue weighted by atomic mass is 35.5. The van der Waals surface area contributed by atoms with Gasteiger partial charge in [-0.15, -0.1) is 23.2 Å². The fourth-order valence-electron chi connectivity index (χ4n) is 3.11. The number of halogens is 2. The first-order chi connectivity index (χ1) is 7.37. The normalized spacial score (nSPS) is 33.4. The molecule has 5 heteroatoms. The number of carboxylic acids is 1. The zero-order chi connectivity index (χ0) is 12.0. The summed E-state index contributed by atoms with van der Waals surface area (Å²) in [7, 11) is 0. The van der Waals surface area contributed by atoms with Crippen molar-refractivity contribution in [1.29, 1.82) is 0 Å². The minimum absolute atomic E-state index is 0.0900. The van der Waals surface area contributed by atoms with Gasteiger partial charge in [-0.1, -0.05) is 6.42 Å². The lowest BCUT2D eigenvalue weighted by atomic mass is 9.58. The van der Waals surface area contributed by atoms with Crippen LogP contribution in [0.3, 0.4) is 0 Å². The smallest absolute Gasteiger partial charge is 0.320 e. The summed E-state index contributed by atoms with van der Waals surface area (Å²) in [5.41, 5.74) is -0.0900. The quantitative estimate of drug-likeness (QED) is 0.771. The minimum atomic E-state index is -0.775. The Morgan fingerprint density at radius 1 is 1.50 bits per heavy atom. The minimum Gasteiger partial charge on any atom is -0.480 e. The van der Waals surface area contributed by atoms with Crippen molar-refractivity contribution in [3.8, 4) is 0 Å². The highest BCUT2D eigenvalue weighted by Gasteiger charge is 2.56. The topological polar surface area (TPSA) is 49.3 Å². The molecule has 1 aliphatic heterocycles. The fraction of sp³-hybridized carbons (Fsp3) is 0.909. The van der Waals surface area contributed by atoms with Crippen molar-refractivity contribution in [1.82, 2.24) is 5.32 Å². The van der Waals surface area contributed by atoms with Gasteiger partial charge in [-0.25, -0.2) is 0 Å². The molecule has 2 rings (SSSR count). The number of hydrogen-bond donors (Lipinski definition) is 2. The van der Waals surface area contributed by atoms with Gasteiger partial charge in [0.05, 0.1) is 0 Å². The van der Waals surface area contributed by atoms with Crippen molar-refractivity contribution < 1.29 is 9.90 Å². The Balaban J connectivity index is 2.10. The second kappa shape index (κ2) is 4.04. The van der Waals surface area contributed by atoms with Gasteiger partial charge in [0.2, 0.25) is 0 Å². The van der Waals surface area contributed by atoms with Crippen LogP contribution in [0.1, 0.15) is 32.6 Å². The maximum Gasteiger partial charge on any atom is 0.320 e. The molecule has 2 aliphatic rings. The van der Waals surface area contributed by atoms with E-state index in [-0.39, 0.29) is 11.3 Å². The highest BCUT2D eigenvalue weighted by Crippen LogP contribution is 2.60. The van der Waals surface area contributed by atoms with Crippen molar-refractivity contribution in [2.45, 2.75) is 43.0 Å². The molecule has 0 amide bonds. The van der Waals surface area contributed by atoms with E-state index in [2.05, 4.69) is 5.32 Å². The second-order valence-corrected chi connectivity index (χ2v) is 6.84. The predicted octanol–water partition coefficient (Wildman–Crippen LogP) is 2.41. The Morgan fingerprint density at radius 2 is 2.12 bits per heavy atom. The molecule has 0 spiro atoms. The van der Waals surface area contributed by atoms with Gasteiger partial charge >= 0.3 is 5.97 Å². The number of rotatable bonds is 3. The Bertz CT molecular complexity index is 297. The average molecular weight is 266 g/mol. The lowest BCUT2D eigenvalue weighted by molar-refractivity contribution is -0.139. The van der Waals surface area contributed by atoms with E-state index >= 15 is 0 Å². The Hall–Kier alpha value is 0.01000. The third-order valence-corrected chi connectivity index (χ3v) is 5.08. The highest BCUT2D eigenvalue weighted by molar-refractivity contribution is 6.48. The monoisotopic (exact) mass is 265 g/mol. The molecule has 0 bridgehead atoms. The van der Waals surface area contributed by atoms with Crippen LogP contribution >= 0.6 is 23.2 Å². The molecule has 1 heterocycles. The van der Waals surface area contributed by atoms with Crippen molar-refractivity contribution in [2.24, 2.45) is 11.3 Å². The molecule has 2 N–H and O–H groups in total. The van der Waals surface area contributed by atoms with E-state index in [1.807, 2.05) is 6.92 Å². The van der Waals surface area contributed by atoms with E-state index in [1.54, 1.807) is 0 Å². The van der Waals surface area contributed by atoms with Crippen LogP contribution in [-0.4, -0.2) is 28.0 Å². The Kier molecular flexibility index (Phi) is 3.15. The van der Waals surface area contributed by atoms with E-state index < -0.39 is 16.3 Å². The summed E-state index contributed by atoms with van der Waals surface area (Å²) in [6.45, 7) is 2.55. The van der Waals surface area contributed by atoms with Crippen LogP contribution in [0.15, 0.2) is 0 Å². The third kappa shape index (κ3) is 1.83. The summed E-state index contributed by atoms with van der Waals surface area (Å²) >= 11 is 12.6. The van der Waals surface area contributed by atoms with Gasteiger partial charge in [0, 0.05) is 5.41 Å². The van der Waals surface area contributed by atoms with Gasteiger partial charge in [0.1, 0.15) is 10.4 Å². The van der Waals surface area contributed by atoms with Crippen molar-refractivity contribution in [2.75, 3.05) is 6.54 Å². The summed E-state index contributed by atoms with van der Waals surface area (Å²) in [5, 5.41) is 12.0. The molecule has 1 aliphatic carbocycles. The van der Waals surface area contributed by atoms with Crippen molar-refractivity contribution >= 4 is 29.2 Å². The summed E-state index contributed by atoms with van der Waals surface area (Å²) in [5.74, 6) is -0.495. The number of carbonyl (C=O) groups is 1. The summed E-state index contributed by atoms with van der Waals surface area (Å²) in [4.78, 5) is 10.9. The van der Waals surface area contributed by atoms with Crippen LogP contribution in [0.2, 0.25) is 0 Å². The van der Waals surface area contributed by atoms with E-state index in [0.29, 0.717) is 13.0 Å². The van der Waals surface area contributed by atoms with Crippen LogP contribution in [0.5, 0.6) is 0 Å². The van der Waals surface area contributed by atoms with Gasteiger partial charge in [-0.2, -0.15) is 0 Å². The summed E-state index contributed by atoms with van der Waals surface area (Å²) < 4.78 is -0.759. The molecule has 0 aromatic carbocycles. The first kappa shape index (κ1) is 12.5. The average Bonchev–Trinajstić information content (AvgIpc) is 2.47. The zero-order valence-corrected chi connectivity index (χ0v) is 10.8. The van der Waals surface area contributed by atoms with Gasteiger partial charge < -0.3 is 10.4 Å². The molecule has 1 saturated heterocycles. The first-order valence-electron chi connectivity index (χ1n) is 5.71. The van der Waals surface area contributed by atoms with Gasteiger partial charge in [0.15, 0.2) is 0 Å². The van der Waals surface area contributed by atoms with Crippen LogP contribution in [-0.2, 0) is 4.79 Å². The number of aliphatic carboxylic acids is 1. The molecular weight excluding hydrogens is 249 g/mol.